The molecule has 3 aromatic rings. The number of benzene rings is 3. The molecule has 3 aromatic carbocycles. The van der Waals surface area contributed by atoms with E-state index >= 15 is 0 Å². The minimum atomic E-state index is -0.837. The largest absolute Gasteiger partial charge is 0.497 e. The van der Waals surface area contributed by atoms with Crippen molar-refractivity contribution < 1.29 is 17.9 Å². The molecule has 0 heterocycles. The van der Waals surface area contributed by atoms with Gasteiger partial charge in [-0.1, -0.05) is 61.5 Å². The molecule has 4 rings (SSSR count). The maximum absolute atomic E-state index is 14.8. The first kappa shape index (κ1) is 22.9. The van der Waals surface area contributed by atoms with Gasteiger partial charge in [0, 0.05) is 22.8 Å². The zero-order valence-electron chi connectivity index (χ0n) is 18.9. The summed E-state index contributed by atoms with van der Waals surface area (Å²) in [5.74, 6) is -1.28. The van der Waals surface area contributed by atoms with Crippen LogP contribution in [-0.4, -0.2) is 7.11 Å². The maximum Gasteiger partial charge on any atom is 0.167 e. The number of hydrogen-bond donors (Lipinski definition) is 0. The maximum atomic E-state index is 14.8. The molecule has 0 aliphatic heterocycles. The Labute approximate surface area is 193 Å². The van der Waals surface area contributed by atoms with Crippen molar-refractivity contribution in [1.82, 2.24) is 0 Å². The van der Waals surface area contributed by atoms with Gasteiger partial charge in [-0.2, -0.15) is 0 Å². The van der Waals surface area contributed by atoms with Crippen LogP contribution in [-0.2, 0) is 6.42 Å². The number of rotatable bonds is 6. The molecule has 1 aliphatic rings. The Balaban J connectivity index is 1.47. The highest BCUT2D eigenvalue weighted by molar-refractivity contribution is 5.69. The molecule has 1 unspecified atom stereocenters. The summed E-state index contributed by atoms with van der Waals surface area (Å²) in [6, 6.07) is 15.6. The van der Waals surface area contributed by atoms with Crippen LogP contribution < -0.4 is 4.74 Å². The minimum Gasteiger partial charge on any atom is -0.497 e. The van der Waals surface area contributed by atoms with E-state index in [-0.39, 0.29) is 22.9 Å². The lowest BCUT2D eigenvalue weighted by Gasteiger charge is -2.20. The first-order valence-electron chi connectivity index (χ1n) is 11.3. The van der Waals surface area contributed by atoms with Crippen LogP contribution in [0.4, 0.5) is 13.2 Å². The van der Waals surface area contributed by atoms with Gasteiger partial charge in [0.05, 0.1) is 7.11 Å². The highest BCUT2D eigenvalue weighted by Gasteiger charge is 2.17. The molecule has 1 nitrogen and oxygen atoms in total. The molecule has 0 amide bonds. The van der Waals surface area contributed by atoms with Crippen molar-refractivity contribution in [3.63, 3.8) is 0 Å². The normalized spacial score (nSPS) is 16.2. The number of methoxy groups -OCH3 is 1. The summed E-state index contributed by atoms with van der Waals surface area (Å²) >= 11 is 0. The van der Waals surface area contributed by atoms with E-state index in [1.807, 2.05) is 36.4 Å². The molecular formula is C29H27F3O. The van der Waals surface area contributed by atoms with Crippen molar-refractivity contribution in [1.29, 1.82) is 0 Å². The monoisotopic (exact) mass is 448 g/mol. The highest BCUT2D eigenvalue weighted by atomic mass is 19.2. The van der Waals surface area contributed by atoms with Gasteiger partial charge in [-0.15, -0.1) is 0 Å². The van der Waals surface area contributed by atoms with Gasteiger partial charge in [0.1, 0.15) is 11.6 Å². The molecule has 1 aliphatic carbocycles. The highest BCUT2D eigenvalue weighted by Crippen LogP contribution is 2.34. The quantitative estimate of drug-likeness (QED) is 0.369. The van der Waals surface area contributed by atoms with Crippen molar-refractivity contribution in [2.24, 2.45) is 5.92 Å². The molecule has 170 valence electrons. The average molecular weight is 449 g/mol. The number of hydrogen-bond acceptors (Lipinski definition) is 1. The molecule has 33 heavy (non-hydrogen) atoms. The molecular weight excluding hydrogens is 421 g/mol. The SMILES string of the molecule is CCc1ccc(-c2ccc(C=CC3CC=C(c4ccc(OC)cc4F)CC3)c(F)c2F)cc1. The fourth-order valence-electron chi connectivity index (χ4n) is 4.23. The second kappa shape index (κ2) is 10.1. The van der Waals surface area contributed by atoms with Crippen LogP contribution in [0.15, 0.2) is 66.7 Å². The predicted molar refractivity (Wildman–Crippen MR) is 128 cm³/mol. The minimum absolute atomic E-state index is 0.193. The molecule has 0 aromatic heterocycles. The summed E-state index contributed by atoms with van der Waals surface area (Å²) in [5, 5.41) is 0. The van der Waals surface area contributed by atoms with E-state index in [1.54, 1.807) is 30.3 Å². The van der Waals surface area contributed by atoms with Crippen LogP contribution >= 0.6 is 0 Å². The topological polar surface area (TPSA) is 9.23 Å². The summed E-state index contributed by atoms with van der Waals surface area (Å²) < 4.78 is 48.9. The van der Waals surface area contributed by atoms with E-state index in [4.69, 9.17) is 4.74 Å². The zero-order chi connectivity index (χ0) is 23.4. The number of halogens is 3. The van der Waals surface area contributed by atoms with Crippen molar-refractivity contribution in [2.45, 2.75) is 32.6 Å². The van der Waals surface area contributed by atoms with Crippen molar-refractivity contribution in [3.05, 3.63) is 101 Å². The first-order valence-corrected chi connectivity index (χ1v) is 11.3. The molecule has 0 saturated carbocycles. The summed E-state index contributed by atoms with van der Waals surface area (Å²) in [6.07, 6.45) is 8.77. The van der Waals surface area contributed by atoms with E-state index in [0.29, 0.717) is 16.9 Å². The van der Waals surface area contributed by atoms with E-state index in [2.05, 4.69) is 6.92 Å². The fraction of sp³-hybridized carbons (Fsp3) is 0.241. The lowest BCUT2D eigenvalue weighted by Crippen LogP contribution is -2.04. The van der Waals surface area contributed by atoms with Gasteiger partial charge in [-0.05, 0) is 60.4 Å². The van der Waals surface area contributed by atoms with Gasteiger partial charge in [0.15, 0.2) is 11.6 Å². The smallest absolute Gasteiger partial charge is 0.167 e. The molecule has 0 spiro atoms. The fourth-order valence-corrected chi connectivity index (χ4v) is 4.23. The second-order valence-corrected chi connectivity index (χ2v) is 8.35. The zero-order valence-corrected chi connectivity index (χ0v) is 18.9. The third kappa shape index (κ3) is 5.05. The Morgan fingerprint density at radius 1 is 0.939 bits per heavy atom. The second-order valence-electron chi connectivity index (χ2n) is 8.35. The van der Waals surface area contributed by atoms with Crippen LogP contribution in [0, 0.1) is 23.4 Å². The van der Waals surface area contributed by atoms with Gasteiger partial charge in [-0.25, -0.2) is 13.2 Å². The van der Waals surface area contributed by atoms with Gasteiger partial charge < -0.3 is 4.74 Å². The molecule has 0 radical (unpaired) electrons. The lowest BCUT2D eigenvalue weighted by molar-refractivity contribution is 0.411. The van der Waals surface area contributed by atoms with Gasteiger partial charge >= 0.3 is 0 Å². The standard InChI is InChI=1S/C29H27F3O/c1-3-19-4-9-22(10-5-19)26-16-14-23(28(31)29(26)32)13-8-20-6-11-21(12-7-20)25-17-15-24(33-2)18-27(25)30/h4-5,8-11,13-18,20H,3,6-7,12H2,1-2H3. The van der Waals surface area contributed by atoms with E-state index in [9.17, 15) is 13.2 Å². The third-order valence-electron chi connectivity index (χ3n) is 6.31. The Hall–Kier alpha value is -3.27. The van der Waals surface area contributed by atoms with E-state index in [1.165, 1.54) is 13.2 Å². The van der Waals surface area contributed by atoms with Crippen LogP contribution in [0.25, 0.3) is 22.8 Å². The van der Waals surface area contributed by atoms with Crippen LogP contribution in [0.3, 0.4) is 0 Å². The number of allylic oxidation sites excluding steroid dienone is 3. The van der Waals surface area contributed by atoms with Crippen LogP contribution in [0.1, 0.15) is 42.9 Å². The van der Waals surface area contributed by atoms with Crippen molar-refractivity contribution in [3.8, 4) is 16.9 Å². The van der Waals surface area contributed by atoms with Crippen molar-refractivity contribution >= 4 is 11.6 Å². The van der Waals surface area contributed by atoms with Crippen molar-refractivity contribution in [2.75, 3.05) is 7.11 Å². The molecule has 1 atom stereocenters. The number of aryl methyl sites for hydroxylation is 1. The van der Waals surface area contributed by atoms with Gasteiger partial charge in [0.25, 0.3) is 0 Å². The van der Waals surface area contributed by atoms with Gasteiger partial charge in [0.2, 0.25) is 0 Å². The molecule has 4 heteroatoms. The summed E-state index contributed by atoms with van der Waals surface area (Å²) in [6.45, 7) is 2.05. The van der Waals surface area contributed by atoms with E-state index in [0.717, 1.165) is 36.8 Å². The molecule has 0 bridgehead atoms. The van der Waals surface area contributed by atoms with Gasteiger partial charge in [-0.3, -0.25) is 0 Å². The molecule has 0 N–H and O–H groups in total. The lowest BCUT2D eigenvalue weighted by atomic mass is 9.86. The van der Waals surface area contributed by atoms with Crippen LogP contribution in [0.5, 0.6) is 5.75 Å². The molecule has 0 saturated heterocycles. The van der Waals surface area contributed by atoms with Crippen LogP contribution in [0.2, 0.25) is 0 Å². The summed E-state index contributed by atoms with van der Waals surface area (Å²) in [4.78, 5) is 0. The third-order valence-corrected chi connectivity index (χ3v) is 6.31. The Bertz CT molecular complexity index is 1190. The number of ether oxygens (including phenoxy) is 1. The summed E-state index contributed by atoms with van der Waals surface area (Å²) in [5.41, 5.74) is 3.87. The predicted octanol–water partition coefficient (Wildman–Crippen LogP) is 8.24. The Morgan fingerprint density at radius 2 is 1.70 bits per heavy atom. The Kier molecular flexibility index (Phi) is 7.02. The summed E-state index contributed by atoms with van der Waals surface area (Å²) in [7, 11) is 1.51. The average Bonchev–Trinajstić information content (AvgIpc) is 2.85. The Morgan fingerprint density at radius 3 is 2.33 bits per heavy atom. The first-order chi connectivity index (χ1) is 16.0. The molecule has 0 fully saturated rings. The van der Waals surface area contributed by atoms with E-state index < -0.39 is 11.6 Å².